The van der Waals surface area contributed by atoms with Gasteiger partial charge in [-0.3, -0.25) is 9.80 Å². The normalized spacial score (nSPS) is 29.8. The van der Waals surface area contributed by atoms with E-state index in [2.05, 4.69) is 23.6 Å². The van der Waals surface area contributed by atoms with E-state index in [0.717, 1.165) is 38.9 Å². The Bertz CT molecular complexity index is 221. The van der Waals surface area contributed by atoms with Gasteiger partial charge in [-0.1, -0.05) is 0 Å². The first-order chi connectivity index (χ1) is 7.54. The number of hydrogen-bond donors (Lipinski definition) is 1. The van der Waals surface area contributed by atoms with E-state index < -0.39 is 0 Å². The van der Waals surface area contributed by atoms with Crippen LogP contribution in [-0.4, -0.2) is 67.3 Å². The van der Waals surface area contributed by atoms with Crippen LogP contribution in [0.25, 0.3) is 0 Å². The van der Waals surface area contributed by atoms with Crippen LogP contribution in [-0.2, 0) is 4.74 Å². The second-order valence-corrected chi connectivity index (χ2v) is 5.81. The van der Waals surface area contributed by atoms with Crippen LogP contribution in [0, 0.1) is 0 Å². The summed E-state index contributed by atoms with van der Waals surface area (Å²) in [6.07, 6.45) is 1.29. The Morgan fingerprint density at radius 1 is 1.25 bits per heavy atom. The molecular formula is C12H25N3O. The molecule has 2 aliphatic heterocycles. The molecule has 2 rings (SSSR count). The average Bonchev–Trinajstić information content (AvgIpc) is 2.65. The van der Waals surface area contributed by atoms with E-state index in [1.54, 1.807) is 0 Å². The highest BCUT2D eigenvalue weighted by Crippen LogP contribution is 2.18. The molecule has 2 N–H and O–H groups in total. The minimum Gasteiger partial charge on any atom is -0.379 e. The van der Waals surface area contributed by atoms with Crippen molar-refractivity contribution in [3.8, 4) is 0 Å². The smallest absolute Gasteiger partial charge is 0.0594 e. The monoisotopic (exact) mass is 227 g/mol. The number of nitrogens with zero attached hydrogens (tertiary/aromatic N) is 2. The van der Waals surface area contributed by atoms with Gasteiger partial charge in [-0.2, -0.15) is 0 Å². The first kappa shape index (κ1) is 12.3. The van der Waals surface area contributed by atoms with Gasteiger partial charge in [-0.25, -0.2) is 0 Å². The molecule has 94 valence electrons. The zero-order valence-corrected chi connectivity index (χ0v) is 10.6. The third-order valence-electron chi connectivity index (χ3n) is 3.44. The van der Waals surface area contributed by atoms with E-state index in [1.165, 1.54) is 19.5 Å². The maximum atomic E-state index is 6.06. The van der Waals surface area contributed by atoms with E-state index in [1.807, 2.05) is 0 Å². The molecule has 16 heavy (non-hydrogen) atoms. The van der Waals surface area contributed by atoms with Crippen LogP contribution in [0.5, 0.6) is 0 Å². The third-order valence-corrected chi connectivity index (χ3v) is 3.44. The summed E-state index contributed by atoms with van der Waals surface area (Å²) in [5.41, 5.74) is 5.99. The highest BCUT2D eigenvalue weighted by atomic mass is 16.5. The fourth-order valence-corrected chi connectivity index (χ4v) is 2.77. The first-order valence-electron chi connectivity index (χ1n) is 6.38. The van der Waals surface area contributed by atoms with Gasteiger partial charge in [0.05, 0.1) is 13.2 Å². The molecule has 2 saturated heterocycles. The van der Waals surface area contributed by atoms with Crippen LogP contribution in [0.1, 0.15) is 20.3 Å². The summed E-state index contributed by atoms with van der Waals surface area (Å²) in [4.78, 5) is 5.08. The van der Waals surface area contributed by atoms with Gasteiger partial charge in [0.1, 0.15) is 0 Å². The Labute approximate surface area is 98.7 Å². The molecule has 2 fully saturated rings. The molecular weight excluding hydrogens is 202 g/mol. The van der Waals surface area contributed by atoms with E-state index in [-0.39, 0.29) is 5.54 Å². The maximum Gasteiger partial charge on any atom is 0.0594 e. The van der Waals surface area contributed by atoms with Crippen molar-refractivity contribution in [3.63, 3.8) is 0 Å². The van der Waals surface area contributed by atoms with Crippen molar-refractivity contribution in [2.45, 2.75) is 31.8 Å². The minimum atomic E-state index is -0.0695. The van der Waals surface area contributed by atoms with Gasteiger partial charge in [0.25, 0.3) is 0 Å². The molecule has 0 aromatic rings. The zero-order valence-electron chi connectivity index (χ0n) is 10.6. The van der Waals surface area contributed by atoms with Gasteiger partial charge in [0.15, 0.2) is 0 Å². The molecule has 0 amide bonds. The lowest BCUT2D eigenvalue weighted by Crippen LogP contribution is -2.47. The predicted octanol–water partition coefficient (Wildman–Crippen LogP) is 0.130. The van der Waals surface area contributed by atoms with E-state index in [0.29, 0.717) is 0 Å². The van der Waals surface area contributed by atoms with Gasteiger partial charge < -0.3 is 10.5 Å². The Morgan fingerprint density at radius 3 is 2.56 bits per heavy atom. The molecule has 0 aromatic carbocycles. The Hall–Kier alpha value is -0.160. The Kier molecular flexibility index (Phi) is 3.85. The van der Waals surface area contributed by atoms with E-state index in [9.17, 15) is 0 Å². The summed E-state index contributed by atoms with van der Waals surface area (Å²) in [6.45, 7) is 11.6. The first-order valence-corrected chi connectivity index (χ1v) is 6.38. The lowest BCUT2D eigenvalue weighted by Gasteiger charge is -2.33. The summed E-state index contributed by atoms with van der Waals surface area (Å²) < 4.78 is 5.39. The van der Waals surface area contributed by atoms with Crippen molar-refractivity contribution in [2.75, 3.05) is 45.9 Å². The summed E-state index contributed by atoms with van der Waals surface area (Å²) in [6, 6.07) is 0.728. The highest BCUT2D eigenvalue weighted by molar-refractivity contribution is 4.88. The SMILES string of the molecule is CC(C)(N)CN1CCC(N2CCOCC2)C1. The van der Waals surface area contributed by atoms with Crippen LogP contribution < -0.4 is 5.73 Å². The minimum absolute atomic E-state index is 0.0695. The topological polar surface area (TPSA) is 41.7 Å². The molecule has 1 unspecified atom stereocenters. The maximum absolute atomic E-state index is 6.06. The number of morpholine rings is 1. The molecule has 0 spiro atoms. The number of ether oxygens (including phenoxy) is 1. The molecule has 0 radical (unpaired) electrons. The molecule has 0 aromatic heterocycles. The van der Waals surface area contributed by atoms with Crippen molar-refractivity contribution >= 4 is 0 Å². The third kappa shape index (κ3) is 3.42. The van der Waals surface area contributed by atoms with Crippen molar-refractivity contribution in [1.29, 1.82) is 0 Å². The zero-order chi connectivity index (χ0) is 11.6. The van der Waals surface area contributed by atoms with Crippen LogP contribution in [0.15, 0.2) is 0 Å². The van der Waals surface area contributed by atoms with Crippen LogP contribution in [0.4, 0.5) is 0 Å². The Balaban J connectivity index is 1.78. The summed E-state index contributed by atoms with van der Waals surface area (Å²) in [5.74, 6) is 0. The molecule has 0 bridgehead atoms. The van der Waals surface area contributed by atoms with Crippen LogP contribution in [0.2, 0.25) is 0 Å². The molecule has 2 heterocycles. The van der Waals surface area contributed by atoms with Gasteiger partial charge >= 0.3 is 0 Å². The van der Waals surface area contributed by atoms with E-state index >= 15 is 0 Å². The van der Waals surface area contributed by atoms with Crippen molar-refractivity contribution < 1.29 is 4.74 Å². The summed E-state index contributed by atoms with van der Waals surface area (Å²) in [5, 5.41) is 0. The second-order valence-electron chi connectivity index (χ2n) is 5.81. The summed E-state index contributed by atoms with van der Waals surface area (Å²) >= 11 is 0. The van der Waals surface area contributed by atoms with Crippen molar-refractivity contribution in [3.05, 3.63) is 0 Å². The quantitative estimate of drug-likeness (QED) is 0.744. The van der Waals surface area contributed by atoms with Crippen molar-refractivity contribution in [2.24, 2.45) is 5.73 Å². The van der Waals surface area contributed by atoms with E-state index in [4.69, 9.17) is 10.5 Å². The van der Waals surface area contributed by atoms with Gasteiger partial charge in [-0.15, -0.1) is 0 Å². The predicted molar refractivity (Wildman–Crippen MR) is 65.5 cm³/mol. The molecule has 0 saturated carbocycles. The summed E-state index contributed by atoms with van der Waals surface area (Å²) in [7, 11) is 0. The van der Waals surface area contributed by atoms with Crippen molar-refractivity contribution in [1.82, 2.24) is 9.80 Å². The van der Waals surface area contributed by atoms with Gasteiger partial charge in [0, 0.05) is 37.8 Å². The molecule has 4 nitrogen and oxygen atoms in total. The molecule has 0 aliphatic carbocycles. The lowest BCUT2D eigenvalue weighted by atomic mass is 10.1. The average molecular weight is 227 g/mol. The fraction of sp³-hybridized carbons (Fsp3) is 1.00. The van der Waals surface area contributed by atoms with Gasteiger partial charge in [-0.05, 0) is 26.8 Å². The number of hydrogen-bond acceptors (Lipinski definition) is 4. The largest absolute Gasteiger partial charge is 0.379 e. The number of nitrogens with two attached hydrogens (primary N) is 1. The number of likely N-dealkylation sites (tertiary alicyclic amines) is 1. The second kappa shape index (κ2) is 5.00. The molecule has 1 atom stereocenters. The standard InChI is InChI=1S/C12H25N3O/c1-12(2,13)10-14-4-3-11(9-14)15-5-7-16-8-6-15/h11H,3-10,13H2,1-2H3. The highest BCUT2D eigenvalue weighted by Gasteiger charge is 2.30. The fourth-order valence-electron chi connectivity index (χ4n) is 2.77. The van der Waals surface area contributed by atoms with Crippen LogP contribution >= 0.6 is 0 Å². The molecule has 2 aliphatic rings. The Morgan fingerprint density at radius 2 is 1.94 bits per heavy atom. The number of rotatable bonds is 3. The lowest BCUT2D eigenvalue weighted by molar-refractivity contribution is 0.0182. The van der Waals surface area contributed by atoms with Crippen LogP contribution in [0.3, 0.4) is 0 Å². The van der Waals surface area contributed by atoms with Gasteiger partial charge in [0.2, 0.25) is 0 Å². The molecule has 4 heteroatoms.